The number of hydrogen-bond acceptors (Lipinski definition) is 5. The van der Waals surface area contributed by atoms with E-state index in [1.54, 1.807) is 16.0 Å². The lowest BCUT2D eigenvalue weighted by atomic mass is 9.83. The highest BCUT2D eigenvalue weighted by molar-refractivity contribution is 7.08. The molecule has 0 bridgehead atoms. The zero-order chi connectivity index (χ0) is 16.6. The van der Waals surface area contributed by atoms with Gasteiger partial charge in [0, 0.05) is 23.3 Å². The molecule has 2 fully saturated rings. The maximum Gasteiger partial charge on any atom is 0.164 e. The Morgan fingerprint density at radius 1 is 1.46 bits per heavy atom. The SMILES string of the molecule is N#CC1(n2cc([C@@H](CC(=O)c3ccsc3)C3CCCC3)nn2)CC1. The molecule has 0 spiro atoms. The van der Waals surface area contributed by atoms with Crippen LogP contribution in [-0.4, -0.2) is 20.8 Å². The summed E-state index contributed by atoms with van der Waals surface area (Å²) in [5.74, 6) is 0.794. The van der Waals surface area contributed by atoms with Crippen molar-refractivity contribution >= 4 is 17.1 Å². The number of rotatable bonds is 6. The second kappa shape index (κ2) is 6.14. The second-order valence-corrected chi connectivity index (χ2v) is 7.80. The number of carbonyl (C=O) groups excluding carboxylic acids is 1. The lowest BCUT2D eigenvalue weighted by Crippen LogP contribution is -2.16. The smallest absolute Gasteiger partial charge is 0.164 e. The Hall–Kier alpha value is -2.00. The van der Waals surface area contributed by atoms with Crippen molar-refractivity contribution in [1.29, 1.82) is 5.26 Å². The third-order valence-electron chi connectivity index (χ3n) is 5.48. The third kappa shape index (κ3) is 2.78. The quantitative estimate of drug-likeness (QED) is 0.748. The first-order valence-electron chi connectivity index (χ1n) is 8.61. The number of Topliss-reactive ketones (excluding diaryl/α,β-unsaturated/α-hetero) is 1. The van der Waals surface area contributed by atoms with Crippen LogP contribution in [0, 0.1) is 17.2 Å². The molecule has 0 aliphatic heterocycles. The minimum absolute atomic E-state index is 0.114. The molecule has 124 valence electrons. The molecule has 5 nitrogen and oxygen atoms in total. The minimum atomic E-state index is -0.483. The molecule has 0 N–H and O–H groups in total. The van der Waals surface area contributed by atoms with Crippen LogP contribution in [0.4, 0.5) is 0 Å². The van der Waals surface area contributed by atoms with E-state index < -0.39 is 5.54 Å². The molecule has 2 aromatic rings. The highest BCUT2D eigenvalue weighted by Gasteiger charge is 2.47. The van der Waals surface area contributed by atoms with Crippen LogP contribution < -0.4 is 0 Å². The zero-order valence-corrected chi connectivity index (χ0v) is 14.3. The van der Waals surface area contributed by atoms with Gasteiger partial charge in [-0.2, -0.15) is 16.6 Å². The van der Waals surface area contributed by atoms with Gasteiger partial charge in [-0.25, -0.2) is 4.68 Å². The summed E-state index contributed by atoms with van der Waals surface area (Å²) in [6, 6.07) is 4.24. The summed E-state index contributed by atoms with van der Waals surface area (Å²) >= 11 is 1.55. The largest absolute Gasteiger partial charge is 0.294 e. The first kappa shape index (κ1) is 15.5. The van der Waals surface area contributed by atoms with E-state index in [0.29, 0.717) is 12.3 Å². The molecule has 2 heterocycles. The number of thiophene rings is 1. The fourth-order valence-electron chi connectivity index (χ4n) is 3.78. The summed E-state index contributed by atoms with van der Waals surface area (Å²) in [7, 11) is 0. The molecule has 1 atom stereocenters. The van der Waals surface area contributed by atoms with E-state index in [9.17, 15) is 10.1 Å². The van der Waals surface area contributed by atoms with Crippen LogP contribution in [0.3, 0.4) is 0 Å². The molecular weight excluding hydrogens is 320 g/mol. The van der Waals surface area contributed by atoms with Crippen molar-refractivity contribution in [2.45, 2.75) is 56.4 Å². The van der Waals surface area contributed by atoms with Crippen LogP contribution in [0.15, 0.2) is 23.0 Å². The number of nitriles is 1. The van der Waals surface area contributed by atoms with Gasteiger partial charge in [-0.05, 0) is 43.0 Å². The van der Waals surface area contributed by atoms with Gasteiger partial charge in [0.05, 0.1) is 18.0 Å². The van der Waals surface area contributed by atoms with Crippen molar-refractivity contribution in [3.05, 3.63) is 34.3 Å². The minimum Gasteiger partial charge on any atom is -0.294 e. The molecule has 2 aliphatic carbocycles. The number of nitrogens with zero attached hydrogens (tertiary/aromatic N) is 4. The normalized spacial score (nSPS) is 20.6. The predicted octanol–water partition coefficient (Wildman–Crippen LogP) is 3.90. The maximum absolute atomic E-state index is 12.6. The average molecular weight is 340 g/mol. The summed E-state index contributed by atoms with van der Waals surface area (Å²) in [6.07, 6.45) is 8.84. The van der Waals surface area contributed by atoms with Crippen molar-refractivity contribution in [2.75, 3.05) is 0 Å². The summed E-state index contributed by atoms with van der Waals surface area (Å²) in [5.41, 5.74) is 1.20. The lowest BCUT2D eigenvalue weighted by molar-refractivity contribution is 0.0963. The van der Waals surface area contributed by atoms with Crippen LogP contribution >= 0.6 is 11.3 Å². The van der Waals surface area contributed by atoms with Crippen LogP contribution in [0.1, 0.15) is 66.9 Å². The predicted molar refractivity (Wildman–Crippen MR) is 90.8 cm³/mol. The summed E-state index contributed by atoms with van der Waals surface area (Å²) < 4.78 is 1.72. The van der Waals surface area contributed by atoms with Crippen molar-refractivity contribution in [2.24, 2.45) is 5.92 Å². The van der Waals surface area contributed by atoms with Gasteiger partial charge in [-0.1, -0.05) is 18.1 Å². The molecule has 0 amide bonds. The molecule has 4 rings (SSSR count). The van der Waals surface area contributed by atoms with Crippen molar-refractivity contribution < 1.29 is 4.79 Å². The number of ketones is 1. The van der Waals surface area contributed by atoms with Crippen LogP contribution in [0.5, 0.6) is 0 Å². The van der Waals surface area contributed by atoms with E-state index >= 15 is 0 Å². The fraction of sp³-hybridized carbons (Fsp3) is 0.556. The van der Waals surface area contributed by atoms with E-state index in [0.717, 1.165) is 36.9 Å². The molecule has 2 aromatic heterocycles. The molecule has 0 saturated heterocycles. The van der Waals surface area contributed by atoms with Gasteiger partial charge >= 0.3 is 0 Å². The van der Waals surface area contributed by atoms with E-state index in [-0.39, 0.29) is 11.7 Å². The number of aromatic nitrogens is 3. The van der Waals surface area contributed by atoms with E-state index in [1.807, 2.05) is 23.0 Å². The topological polar surface area (TPSA) is 71.6 Å². The Morgan fingerprint density at radius 2 is 2.25 bits per heavy atom. The Kier molecular flexibility index (Phi) is 3.97. The van der Waals surface area contributed by atoms with Gasteiger partial charge in [0.15, 0.2) is 11.3 Å². The first-order valence-corrected chi connectivity index (χ1v) is 9.55. The Bertz CT molecular complexity index is 763. The fourth-order valence-corrected chi connectivity index (χ4v) is 4.44. The second-order valence-electron chi connectivity index (χ2n) is 7.02. The van der Waals surface area contributed by atoms with Crippen LogP contribution in [-0.2, 0) is 5.54 Å². The highest BCUT2D eigenvalue weighted by Crippen LogP contribution is 2.44. The number of hydrogen-bond donors (Lipinski definition) is 0. The Balaban J connectivity index is 1.59. The van der Waals surface area contributed by atoms with Crippen molar-refractivity contribution in [3.63, 3.8) is 0 Å². The van der Waals surface area contributed by atoms with Gasteiger partial charge < -0.3 is 0 Å². The van der Waals surface area contributed by atoms with E-state index in [2.05, 4.69) is 16.4 Å². The molecule has 2 saturated carbocycles. The average Bonchev–Trinajstić information content (AvgIpc) is 3.11. The van der Waals surface area contributed by atoms with Crippen LogP contribution in [0.25, 0.3) is 0 Å². The van der Waals surface area contributed by atoms with Crippen LogP contribution in [0.2, 0.25) is 0 Å². The molecular formula is C18H20N4OS. The molecule has 0 radical (unpaired) electrons. The van der Waals surface area contributed by atoms with E-state index in [1.165, 1.54) is 12.8 Å². The van der Waals surface area contributed by atoms with Gasteiger partial charge in [0.25, 0.3) is 0 Å². The number of carbonyl (C=O) groups is 1. The zero-order valence-electron chi connectivity index (χ0n) is 13.5. The van der Waals surface area contributed by atoms with Gasteiger partial charge in [-0.15, -0.1) is 5.10 Å². The maximum atomic E-state index is 12.6. The molecule has 2 aliphatic rings. The Morgan fingerprint density at radius 3 is 2.88 bits per heavy atom. The summed E-state index contributed by atoms with van der Waals surface area (Å²) in [6.45, 7) is 0. The molecule has 6 heteroatoms. The van der Waals surface area contributed by atoms with Crippen molar-refractivity contribution in [1.82, 2.24) is 15.0 Å². The first-order chi connectivity index (χ1) is 11.7. The highest BCUT2D eigenvalue weighted by atomic mass is 32.1. The molecule has 24 heavy (non-hydrogen) atoms. The van der Waals surface area contributed by atoms with Gasteiger partial charge in [-0.3, -0.25) is 4.79 Å². The Labute approximate surface area is 145 Å². The molecule has 0 aromatic carbocycles. The van der Waals surface area contributed by atoms with Gasteiger partial charge in [0.2, 0.25) is 0 Å². The third-order valence-corrected chi connectivity index (χ3v) is 6.16. The summed E-state index contributed by atoms with van der Waals surface area (Å²) in [4.78, 5) is 12.6. The monoisotopic (exact) mass is 340 g/mol. The molecule has 0 unspecified atom stereocenters. The summed E-state index contributed by atoms with van der Waals surface area (Å²) in [5, 5.41) is 21.8. The van der Waals surface area contributed by atoms with Gasteiger partial charge in [0.1, 0.15) is 0 Å². The van der Waals surface area contributed by atoms with E-state index in [4.69, 9.17) is 0 Å². The standard InChI is InChI=1S/C18H20N4OS/c19-12-18(6-7-18)22-10-16(20-21-22)15(13-3-1-2-4-13)9-17(23)14-5-8-24-11-14/h5,8,10-11,13,15H,1-4,6-7,9H2/t15-/m0/s1. The van der Waals surface area contributed by atoms with Crippen molar-refractivity contribution in [3.8, 4) is 6.07 Å². The lowest BCUT2D eigenvalue weighted by Gasteiger charge is -2.20.